The van der Waals surface area contributed by atoms with Crippen LogP contribution >= 0.6 is 0 Å². The van der Waals surface area contributed by atoms with Gasteiger partial charge in [0.05, 0.1) is 18.5 Å². The van der Waals surface area contributed by atoms with E-state index in [0.29, 0.717) is 17.0 Å². The smallest absolute Gasteiger partial charge is 0.272 e. The summed E-state index contributed by atoms with van der Waals surface area (Å²) in [5.74, 6) is 0.322. The quantitative estimate of drug-likeness (QED) is 0.806. The summed E-state index contributed by atoms with van der Waals surface area (Å²) in [4.78, 5) is 3.82. The molecule has 3 nitrogen and oxygen atoms in total. The number of aryl methyl sites for hydroxylation is 1. The molecule has 0 fully saturated rings. The van der Waals surface area contributed by atoms with Gasteiger partial charge < -0.3 is 9.84 Å². The molecule has 0 aliphatic carbocycles. The van der Waals surface area contributed by atoms with Crippen LogP contribution in [0, 0.1) is 6.92 Å². The van der Waals surface area contributed by atoms with Gasteiger partial charge in [0.1, 0.15) is 12.4 Å². The van der Waals surface area contributed by atoms with Crippen molar-refractivity contribution in [3.8, 4) is 5.75 Å². The monoisotopic (exact) mass is 203 g/mol. The Morgan fingerprint density at radius 2 is 2.29 bits per heavy atom. The van der Waals surface area contributed by atoms with Gasteiger partial charge in [0.25, 0.3) is 6.43 Å². The molecule has 0 radical (unpaired) electrons. The summed E-state index contributed by atoms with van der Waals surface area (Å²) in [6.07, 6.45) is -1.16. The molecule has 0 aromatic carbocycles. The molecule has 0 amide bonds. The van der Waals surface area contributed by atoms with E-state index in [9.17, 15) is 8.78 Å². The van der Waals surface area contributed by atoms with Crippen LogP contribution < -0.4 is 4.74 Å². The molecule has 14 heavy (non-hydrogen) atoms. The van der Waals surface area contributed by atoms with Crippen molar-refractivity contribution in [1.29, 1.82) is 0 Å². The van der Waals surface area contributed by atoms with Crippen molar-refractivity contribution >= 4 is 0 Å². The molecule has 0 atom stereocenters. The molecule has 0 aliphatic rings. The van der Waals surface area contributed by atoms with E-state index in [1.54, 1.807) is 13.0 Å². The van der Waals surface area contributed by atoms with E-state index in [1.165, 1.54) is 6.20 Å². The molecule has 1 N–H and O–H groups in total. The minimum Gasteiger partial charge on any atom is -0.486 e. The number of hydrogen-bond donors (Lipinski definition) is 1. The lowest BCUT2D eigenvalue weighted by atomic mass is 10.2. The fourth-order valence-electron chi connectivity index (χ4n) is 0.992. The molecular formula is C9H11F2NO2. The first-order valence-electron chi connectivity index (χ1n) is 4.11. The highest BCUT2D eigenvalue weighted by Gasteiger charge is 2.06. The van der Waals surface area contributed by atoms with Crippen LogP contribution in [0.2, 0.25) is 0 Å². The molecule has 0 spiro atoms. The summed E-state index contributed by atoms with van der Waals surface area (Å²) in [6, 6.07) is 1.60. The summed E-state index contributed by atoms with van der Waals surface area (Å²) in [7, 11) is 0. The van der Waals surface area contributed by atoms with Gasteiger partial charge in [-0.05, 0) is 18.6 Å². The lowest BCUT2D eigenvalue weighted by Gasteiger charge is -2.08. The third-order valence-electron chi connectivity index (χ3n) is 1.65. The Balaban J connectivity index is 2.69. The predicted molar refractivity (Wildman–Crippen MR) is 46.4 cm³/mol. The van der Waals surface area contributed by atoms with Crippen LogP contribution in [0.3, 0.4) is 0 Å². The number of hydrogen-bond acceptors (Lipinski definition) is 3. The average Bonchev–Trinajstić information content (AvgIpc) is 2.15. The van der Waals surface area contributed by atoms with Gasteiger partial charge in [0.2, 0.25) is 0 Å². The van der Waals surface area contributed by atoms with Gasteiger partial charge in [-0.2, -0.15) is 0 Å². The van der Waals surface area contributed by atoms with Gasteiger partial charge in [-0.25, -0.2) is 8.78 Å². The molecule has 1 aromatic heterocycles. The highest BCUT2D eigenvalue weighted by Crippen LogP contribution is 2.17. The van der Waals surface area contributed by atoms with E-state index in [4.69, 9.17) is 9.84 Å². The van der Waals surface area contributed by atoms with Crippen LogP contribution in [0.5, 0.6) is 5.75 Å². The maximum atomic E-state index is 11.8. The second-order valence-corrected chi connectivity index (χ2v) is 2.80. The topological polar surface area (TPSA) is 42.4 Å². The normalized spacial score (nSPS) is 10.6. The molecular weight excluding hydrogens is 192 g/mol. The highest BCUT2D eigenvalue weighted by atomic mass is 19.3. The molecule has 1 rings (SSSR count). The van der Waals surface area contributed by atoms with Gasteiger partial charge in [-0.1, -0.05) is 0 Å². The molecule has 0 saturated heterocycles. The first kappa shape index (κ1) is 10.8. The summed E-state index contributed by atoms with van der Waals surface area (Å²) < 4.78 is 28.4. The molecule has 0 aliphatic heterocycles. The number of aromatic nitrogens is 1. The Kier molecular flexibility index (Phi) is 3.76. The Hall–Kier alpha value is -1.23. The lowest BCUT2D eigenvalue weighted by molar-refractivity contribution is 0.0813. The van der Waals surface area contributed by atoms with Crippen LogP contribution in [0.25, 0.3) is 0 Å². The van der Waals surface area contributed by atoms with E-state index in [1.807, 2.05) is 0 Å². The van der Waals surface area contributed by atoms with Crippen LogP contribution in [0.4, 0.5) is 8.78 Å². The Morgan fingerprint density at radius 3 is 2.79 bits per heavy atom. The summed E-state index contributed by atoms with van der Waals surface area (Å²) in [5.41, 5.74) is 1.18. The van der Waals surface area contributed by atoms with Crippen molar-refractivity contribution in [2.45, 2.75) is 20.0 Å². The lowest BCUT2D eigenvalue weighted by Crippen LogP contribution is -2.08. The first-order chi connectivity index (χ1) is 6.63. The number of nitrogens with zero attached hydrogens (tertiary/aromatic N) is 1. The standard InChI is InChI=1S/C9H11F2NO2/c1-6-2-7(4-13)12-3-8(6)14-5-9(10)11/h2-3,9,13H,4-5H2,1H3. The molecule has 0 bridgehead atoms. The maximum absolute atomic E-state index is 11.8. The number of ether oxygens (including phenoxy) is 1. The van der Waals surface area contributed by atoms with Crippen molar-refractivity contribution in [3.63, 3.8) is 0 Å². The van der Waals surface area contributed by atoms with E-state index < -0.39 is 13.0 Å². The zero-order chi connectivity index (χ0) is 10.6. The molecule has 0 unspecified atom stereocenters. The highest BCUT2D eigenvalue weighted by molar-refractivity contribution is 5.30. The van der Waals surface area contributed by atoms with Crippen molar-refractivity contribution in [3.05, 3.63) is 23.5 Å². The number of halogens is 2. The van der Waals surface area contributed by atoms with Gasteiger partial charge in [0, 0.05) is 0 Å². The average molecular weight is 203 g/mol. The zero-order valence-corrected chi connectivity index (χ0v) is 7.70. The van der Waals surface area contributed by atoms with Crippen LogP contribution in [-0.4, -0.2) is 23.1 Å². The number of aliphatic hydroxyl groups excluding tert-OH is 1. The van der Waals surface area contributed by atoms with Crippen LogP contribution in [0.15, 0.2) is 12.3 Å². The van der Waals surface area contributed by atoms with Crippen molar-refractivity contribution in [1.82, 2.24) is 4.98 Å². The zero-order valence-electron chi connectivity index (χ0n) is 7.70. The van der Waals surface area contributed by atoms with Crippen molar-refractivity contribution in [2.75, 3.05) is 6.61 Å². The Bertz CT molecular complexity index is 305. The molecule has 1 aromatic rings. The van der Waals surface area contributed by atoms with Crippen molar-refractivity contribution in [2.24, 2.45) is 0 Å². The Labute approximate surface area is 80.3 Å². The van der Waals surface area contributed by atoms with Crippen LogP contribution in [-0.2, 0) is 6.61 Å². The minimum atomic E-state index is -2.49. The second kappa shape index (κ2) is 4.85. The summed E-state index contributed by atoms with van der Waals surface area (Å²) in [6.45, 7) is 0.901. The third-order valence-corrected chi connectivity index (χ3v) is 1.65. The predicted octanol–water partition coefficient (Wildman–Crippen LogP) is 1.53. The molecule has 5 heteroatoms. The molecule has 1 heterocycles. The first-order valence-corrected chi connectivity index (χ1v) is 4.11. The van der Waals surface area contributed by atoms with Gasteiger partial charge in [-0.15, -0.1) is 0 Å². The van der Waals surface area contributed by atoms with Gasteiger partial charge in [-0.3, -0.25) is 4.98 Å². The fraction of sp³-hybridized carbons (Fsp3) is 0.444. The van der Waals surface area contributed by atoms with E-state index in [-0.39, 0.29) is 6.61 Å². The second-order valence-electron chi connectivity index (χ2n) is 2.80. The van der Waals surface area contributed by atoms with Crippen LogP contribution in [0.1, 0.15) is 11.3 Å². The number of aliphatic hydroxyl groups is 1. The summed E-state index contributed by atoms with van der Waals surface area (Å²) >= 11 is 0. The minimum absolute atomic E-state index is 0.171. The number of pyridine rings is 1. The Morgan fingerprint density at radius 1 is 1.57 bits per heavy atom. The molecule has 78 valence electrons. The molecule has 0 saturated carbocycles. The third kappa shape index (κ3) is 2.92. The fourth-order valence-corrected chi connectivity index (χ4v) is 0.992. The number of rotatable bonds is 4. The summed E-state index contributed by atoms with van der Waals surface area (Å²) in [5, 5.41) is 8.75. The van der Waals surface area contributed by atoms with E-state index in [0.717, 1.165) is 0 Å². The van der Waals surface area contributed by atoms with Gasteiger partial charge in [0.15, 0.2) is 0 Å². The van der Waals surface area contributed by atoms with Gasteiger partial charge >= 0.3 is 0 Å². The number of alkyl halides is 2. The van der Waals surface area contributed by atoms with E-state index >= 15 is 0 Å². The SMILES string of the molecule is Cc1cc(CO)ncc1OCC(F)F. The maximum Gasteiger partial charge on any atom is 0.272 e. The largest absolute Gasteiger partial charge is 0.486 e. The van der Waals surface area contributed by atoms with E-state index in [2.05, 4.69) is 4.98 Å². The van der Waals surface area contributed by atoms with Crippen molar-refractivity contribution < 1.29 is 18.6 Å².